The highest BCUT2D eigenvalue weighted by Crippen LogP contribution is 2.23. The highest BCUT2D eigenvalue weighted by Gasteiger charge is 2.16. The van der Waals surface area contributed by atoms with Gasteiger partial charge in [0, 0.05) is 35.7 Å². The van der Waals surface area contributed by atoms with Crippen LogP contribution in [0.4, 0.5) is 4.39 Å². The average molecular weight is 313 g/mol. The van der Waals surface area contributed by atoms with Gasteiger partial charge < -0.3 is 5.32 Å². The number of likely N-dealkylation sites (N-methyl/N-ethyl adjacent to an activating group) is 1. The first-order valence-electron chi connectivity index (χ1n) is 5.57. The molecule has 6 heteroatoms. The number of benzene rings is 1. The molecule has 1 N–H and O–H groups in total. The molecule has 2 aromatic rings. The fourth-order valence-electron chi connectivity index (χ4n) is 1.85. The largest absolute Gasteiger partial charge is 0.313 e. The molecule has 1 aromatic heterocycles. The lowest BCUT2D eigenvalue weighted by Gasteiger charge is -2.16. The lowest BCUT2D eigenvalue weighted by Crippen LogP contribution is -2.20. The third kappa shape index (κ3) is 2.94. The zero-order valence-corrected chi connectivity index (χ0v) is 11.8. The molecule has 4 nitrogen and oxygen atoms in total. The summed E-state index contributed by atoms with van der Waals surface area (Å²) in [7, 11) is 3.62. The van der Waals surface area contributed by atoms with Crippen LogP contribution >= 0.6 is 15.9 Å². The zero-order valence-electron chi connectivity index (χ0n) is 10.2. The molecule has 0 amide bonds. The summed E-state index contributed by atoms with van der Waals surface area (Å²) in [5.74, 6) is -0.229. The fourth-order valence-corrected chi connectivity index (χ4v) is 2.18. The number of nitrogens with zero attached hydrogens (tertiary/aromatic N) is 3. The first kappa shape index (κ1) is 13.2. The van der Waals surface area contributed by atoms with E-state index in [2.05, 4.69) is 31.6 Å². The highest BCUT2D eigenvalue weighted by atomic mass is 79.9. The molecule has 0 saturated heterocycles. The normalized spacial score (nSPS) is 12.7. The topological polar surface area (TPSA) is 42.7 Å². The van der Waals surface area contributed by atoms with Gasteiger partial charge in [-0.1, -0.05) is 27.2 Å². The number of hydrogen-bond acceptors (Lipinski definition) is 3. The summed E-state index contributed by atoms with van der Waals surface area (Å²) in [5, 5.41) is 11.0. The van der Waals surface area contributed by atoms with Gasteiger partial charge in [-0.2, -0.15) is 0 Å². The number of rotatable bonds is 4. The number of aromatic nitrogens is 3. The molecule has 1 unspecified atom stereocenters. The van der Waals surface area contributed by atoms with Gasteiger partial charge in [0.25, 0.3) is 0 Å². The average Bonchev–Trinajstić information content (AvgIpc) is 2.72. The van der Waals surface area contributed by atoms with Crippen molar-refractivity contribution in [3.8, 4) is 0 Å². The van der Waals surface area contributed by atoms with E-state index in [1.807, 2.05) is 26.4 Å². The molecule has 96 valence electrons. The highest BCUT2D eigenvalue weighted by molar-refractivity contribution is 9.10. The summed E-state index contributed by atoms with van der Waals surface area (Å²) < 4.78 is 16.3. The Morgan fingerprint density at radius 2 is 2.28 bits per heavy atom. The van der Waals surface area contributed by atoms with Crippen LogP contribution in [0.3, 0.4) is 0 Å². The molecule has 1 heterocycles. The molecule has 1 aromatic carbocycles. The van der Waals surface area contributed by atoms with Gasteiger partial charge in [-0.25, -0.2) is 4.39 Å². The molecule has 0 aliphatic carbocycles. The van der Waals surface area contributed by atoms with E-state index in [9.17, 15) is 4.39 Å². The van der Waals surface area contributed by atoms with Gasteiger partial charge in [-0.15, -0.1) is 5.10 Å². The van der Waals surface area contributed by atoms with Crippen molar-refractivity contribution in [1.29, 1.82) is 0 Å². The van der Waals surface area contributed by atoms with E-state index in [0.717, 1.165) is 10.2 Å². The van der Waals surface area contributed by atoms with E-state index in [1.165, 1.54) is 6.07 Å². The molecule has 0 spiro atoms. The number of nitrogens with one attached hydrogen (secondary N) is 1. The lowest BCUT2D eigenvalue weighted by molar-refractivity contribution is 0.529. The Kier molecular flexibility index (Phi) is 4.08. The van der Waals surface area contributed by atoms with E-state index < -0.39 is 0 Å². The van der Waals surface area contributed by atoms with E-state index in [4.69, 9.17) is 0 Å². The molecular weight excluding hydrogens is 299 g/mol. The van der Waals surface area contributed by atoms with Crippen LogP contribution in [0, 0.1) is 5.82 Å². The Hall–Kier alpha value is -1.27. The van der Waals surface area contributed by atoms with Gasteiger partial charge in [-0.3, -0.25) is 4.68 Å². The van der Waals surface area contributed by atoms with Gasteiger partial charge in [0.05, 0.1) is 5.69 Å². The second kappa shape index (κ2) is 5.58. The summed E-state index contributed by atoms with van der Waals surface area (Å²) in [5.41, 5.74) is 1.46. The monoisotopic (exact) mass is 312 g/mol. The van der Waals surface area contributed by atoms with Gasteiger partial charge >= 0.3 is 0 Å². The SMILES string of the molecule is CNC(Cc1cn(C)nn1)c1ccc(Br)cc1F. The van der Waals surface area contributed by atoms with Crippen LogP contribution < -0.4 is 5.32 Å². The van der Waals surface area contributed by atoms with E-state index in [-0.39, 0.29) is 11.9 Å². The smallest absolute Gasteiger partial charge is 0.129 e. The molecule has 0 fully saturated rings. The molecule has 0 bridgehead atoms. The zero-order chi connectivity index (χ0) is 13.1. The Bertz CT molecular complexity index is 541. The summed E-state index contributed by atoms with van der Waals surface area (Å²) in [4.78, 5) is 0. The molecule has 18 heavy (non-hydrogen) atoms. The maximum absolute atomic E-state index is 13.9. The van der Waals surface area contributed by atoms with Crippen LogP contribution in [0.25, 0.3) is 0 Å². The minimum absolute atomic E-state index is 0.116. The van der Waals surface area contributed by atoms with Crippen molar-refractivity contribution in [1.82, 2.24) is 20.3 Å². The van der Waals surface area contributed by atoms with Crippen molar-refractivity contribution in [2.45, 2.75) is 12.5 Å². The summed E-state index contributed by atoms with van der Waals surface area (Å²) >= 11 is 3.25. The summed E-state index contributed by atoms with van der Waals surface area (Å²) in [6, 6.07) is 4.96. The molecule has 2 rings (SSSR count). The Morgan fingerprint density at radius 3 is 2.83 bits per heavy atom. The van der Waals surface area contributed by atoms with E-state index in [0.29, 0.717) is 12.0 Å². The molecule has 0 radical (unpaired) electrons. The quantitative estimate of drug-likeness (QED) is 0.941. The predicted octanol–water partition coefficient (Wildman–Crippen LogP) is 2.22. The van der Waals surface area contributed by atoms with Crippen LogP contribution in [0.2, 0.25) is 0 Å². The van der Waals surface area contributed by atoms with Crippen molar-refractivity contribution in [2.24, 2.45) is 7.05 Å². The van der Waals surface area contributed by atoms with E-state index in [1.54, 1.807) is 10.7 Å². The maximum Gasteiger partial charge on any atom is 0.129 e. The van der Waals surface area contributed by atoms with Crippen LogP contribution in [0.15, 0.2) is 28.9 Å². The minimum atomic E-state index is -0.229. The third-order valence-corrected chi connectivity index (χ3v) is 3.24. The van der Waals surface area contributed by atoms with Gasteiger partial charge in [0.15, 0.2) is 0 Å². The molecule has 1 atom stereocenters. The van der Waals surface area contributed by atoms with Crippen molar-refractivity contribution in [3.05, 3.63) is 45.9 Å². The van der Waals surface area contributed by atoms with Crippen LogP contribution in [-0.2, 0) is 13.5 Å². The minimum Gasteiger partial charge on any atom is -0.313 e. The summed E-state index contributed by atoms with van der Waals surface area (Å²) in [6.45, 7) is 0. The third-order valence-electron chi connectivity index (χ3n) is 2.75. The maximum atomic E-state index is 13.9. The van der Waals surface area contributed by atoms with Crippen LogP contribution in [-0.4, -0.2) is 22.0 Å². The Balaban J connectivity index is 2.22. The number of hydrogen-bond donors (Lipinski definition) is 1. The molecule has 0 aliphatic heterocycles. The second-order valence-electron chi connectivity index (χ2n) is 4.09. The molecule has 0 saturated carbocycles. The predicted molar refractivity (Wildman–Crippen MR) is 70.6 cm³/mol. The van der Waals surface area contributed by atoms with Crippen LogP contribution in [0.1, 0.15) is 17.3 Å². The Morgan fingerprint density at radius 1 is 1.50 bits per heavy atom. The fraction of sp³-hybridized carbons (Fsp3) is 0.333. The summed E-state index contributed by atoms with van der Waals surface area (Å²) in [6.07, 6.45) is 2.43. The number of aryl methyl sites for hydroxylation is 1. The van der Waals surface area contributed by atoms with Crippen LogP contribution in [0.5, 0.6) is 0 Å². The first-order chi connectivity index (χ1) is 8.60. The lowest BCUT2D eigenvalue weighted by atomic mass is 10.0. The van der Waals surface area contributed by atoms with Crippen molar-refractivity contribution in [2.75, 3.05) is 7.05 Å². The molecular formula is C12H14BrFN4. The van der Waals surface area contributed by atoms with Crippen molar-refractivity contribution < 1.29 is 4.39 Å². The standard InChI is InChI=1S/C12H14BrFN4/c1-15-12(6-9-7-18(2)17-16-9)10-4-3-8(13)5-11(10)14/h3-5,7,12,15H,6H2,1-2H3. The number of halogens is 2. The first-order valence-corrected chi connectivity index (χ1v) is 6.37. The second-order valence-corrected chi connectivity index (χ2v) is 5.01. The van der Waals surface area contributed by atoms with Crippen molar-refractivity contribution in [3.63, 3.8) is 0 Å². The van der Waals surface area contributed by atoms with E-state index >= 15 is 0 Å². The van der Waals surface area contributed by atoms with Gasteiger partial charge in [-0.05, 0) is 19.2 Å². The molecule has 0 aliphatic rings. The Labute approximate surface area is 113 Å². The van der Waals surface area contributed by atoms with Crippen molar-refractivity contribution >= 4 is 15.9 Å². The van der Waals surface area contributed by atoms with Gasteiger partial charge in [0.2, 0.25) is 0 Å². The van der Waals surface area contributed by atoms with Gasteiger partial charge in [0.1, 0.15) is 5.82 Å².